The van der Waals surface area contributed by atoms with Gasteiger partial charge < -0.3 is 16.0 Å². The lowest BCUT2D eigenvalue weighted by molar-refractivity contribution is -0.121. The molecule has 5 nitrogen and oxygen atoms in total. The Balaban J connectivity index is 2.11. The maximum atomic E-state index is 11.1. The first kappa shape index (κ1) is 10.7. The molecule has 1 aliphatic heterocycles. The Morgan fingerprint density at radius 2 is 2.44 bits per heavy atom. The first-order valence-corrected chi connectivity index (χ1v) is 5.40. The zero-order valence-corrected chi connectivity index (χ0v) is 9.31. The molecule has 1 aliphatic rings. The van der Waals surface area contributed by atoms with E-state index in [1.165, 1.54) is 0 Å². The first-order valence-electron chi connectivity index (χ1n) is 5.40. The molecule has 16 heavy (non-hydrogen) atoms. The van der Waals surface area contributed by atoms with E-state index in [0.717, 1.165) is 24.6 Å². The topological polar surface area (TPSA) is 71.2 Å². The van der Waals surface area contributed by atoms with E-state index in [9.17, 15) is 4.79 Å². The van der Waals surface area contributed by atoms with Crippen LogP contribution in [0.4, 0.5) is 11.6 Å². The standard InChI is InChI=1S/C11H16N4O/c1-13-9-3-2-4-10(14-9)15-6-5-8(7-15)11(12)16/h2-4,8H,5-7H2,1H3,(H2,12,16)(H,13,14). The Morgan fingerprint density at radius 3 is 3.06 bits per heavy atom. The van der Waals surface area contributed by atoms with Crippen LogP contribution in [0, 0.1) is 5.92 Å². The third-order valence-electron chi connectivity index (χ3n) is 2.91. The Hall–Kier alpha value is -1.78. The van der Waals surface area contributed by atoms with Crippen LogP contribution < -0.4 is 16.0 Å². The van der Waals surface area contributed by atoms with Crippen molar-refractivity contribution in [2.45, 2.75) is 6.42 Å². The highest BCUT2D eigenvalue weighted by Crippen LogP contribution is 2.22. The summed E-state index contributed by atoms with van der Waals surface area (Å²) in [5.41, 5.74) is 5.30. The highest BCUT2D eigenvalue weighted by molar-refractivity contribution is 5.78. The SMILES string of the molecule is CNc1cccc(N2CCC(C(N)=O)C2)n1. The number of rotatable bonds is 3. The lowest BCUT2D eigenvalue weighted by atomic mass is 10.1. The molecule has 5 heteroatoms. The van der Waals surface area contributed by atoms with Crippen LogP contribution in [0.5, 0.6) is 0 Å². The van der Waals surface area contributed by atoms with Crippen molar-refractivity contribution in [1.82, 2.24) is 4.98 Å². The molecule has 0 spiro atoms. The van der Waals surface area contributed by atoms with E-state index in [1.54, 1.807) is 0 Å². The number of carbonyl (C=O) groups excluding carboxylic acids is 1. The predicted molar refractivity (Wildman–Crippen MR) is 63.3 cm³/mol. The summed E-state index contributed by atoms with van der Waals surface area (Å²) in [5.74, 6) is 1.47. The van der Waals surface area contributed by atoms with Crippen LogP contribution in [0.1, 0.15) is 6.42 Å². The lowest BCUT2D eigenvalue weighted by Crippen LogP contribution is -2.27. The molecule has 1 aromatic heterocycles. The van der Waals surface area contributed by atoms with Gasteiger partial charge in [-0.25, -0.2) is 4.98 Å². The summed E-state index contributed by atoms with van der Waals surface area (Å²) < 4.78 is 0. The van der Waals surface area contributed by atoms with Crippen molar-refractivity contribution in [3.05, 3.63) is 18.2 Å². The van der Waals surface area contributed by atoms with Crippen molar-refractivity contribution in [2.24, 2.45) is 11.7 Å². The lowest BCUT2D eigenvalue weighted by Gasteiger charge is -2.17. The number of primary amides is 1. The van der Waals surface area contributed by atoms with E-state index in [-0.39, 0.29) is 11.8 Å². The summed E-state index contributed by atoms with van der Waals surface area (Å²) in [6.45, 7) is 1.52. The van der Waals surface area contributed by atoms with Crippen molar-refractivity contribution in [3.63, 3.8) is 0 Å². The summed E-state index contributed by atoms with van der Waals surface area (Å²) in [6, 6.07) is 5.81. The first-order chi connectivity index (χ1) is 7.70. The third kappa shape index (κ3) is 2.08. The zero-order chi connectivity index (χ0) is 11.5. The van der Waals surface area contributed by atoms with Gasteiger partial charge in [-0.05, 0) is 18.6 Å². The number of anilines is 2. The molecule has 0 bridgehead atoms. The van der Waals surface area contributed by atoms with Crippen LogP contribution in [0.25, 0.3) is 0 Å². The molecule has 1 unspecified atom stereocenters. The van der Waals surface area contributed by atoms with E-state index in [0.29, 0.717) is 6.54 Å². The molecular formula is C11H16N4O. The van der Waals surface area contributed by atoms with E-state index in [4.69, 9.17) is 5.73 Å². The zero-order valence-electron chi connectivity index (χ0n) is 9.31. The van der Waals surface area contributed by atoms with Crippen molar-refractivity contribution >= 4 is 17.5 Å². The average Bonchev–Trinajstić information content (AvgIpc) is 2.78. The maximum absolute atomic E-state index is 11.1. The Labute approximate surface area is 94.6 Å². The van der Waals surface area contributed by atoms with E-state index < -0.39 is 0 Å². The van der Waals surface area contributed by atoms with Crippen LogP contribution in [0.2, 0.25) is 0 Å². The van der Waals surface area contributed by atoms with E-state index in [2.05, 4.69) is 15.2 Å². The molecule has 2 rings (SSSR count). The fourth-order valence-corrected chi connectivity index (χ4v) is 1.94. The van der Waals surface area contributed by atoms with Gasteiger partial charge in [0.25, 0.3) is 0 Å². The molecule has 2 heterocycles. The van der Waals surface area contributed by atoms with Gasteiger partial charge in [0, 0.05) is 20.1 Å². The molecule has 1 saturated heterocycles. The van der Waals surface area contributed by atoms with Crippen molar-refractivity contribution in [3.8, 4) is 0 Å². The fraction of sp³-hybridized carbons (Fsp3) is 0.455. The molecule has 3 N–H and O–H groups in total. The second-order valence-electron chi connectivity index (χ2n) is 3.97. The Kier molecular flexibility index (Phi) is 2.94. The van der Waals surface area contributed by atoms with Gasteiger partial charge in [-0.2, -0.15) is 0 Å². The number of nitrogens with zero attached hydrogens (tertiary/aromatic N) is 2. The van der Waals surface area contributed by atoms with Crippen molar-refractivity contribution < 1.29 is 4.79 Å². The summed E-state index contributed by atoms with van der Waals surface area (Å²) in [6.07, 6.45) is 0.820. The van der Waals surface area contributed by atoms with Gasteiger partial charge in [0.2, 0.25) is 5.91 Å². The molecule has 1 amide bonds. The monoisotopic (exact) mass is 220 g/mol. The highest BCUT2D eigenvalue weighted by Gasteiger charge is 2.27. The molecule has 0 aromatic carbocycles. The highest BCUT2D eigenvalue weighted by atomic mass is 16.1. The molecule has 1 fully saturated rings. The van der Waals surface area contributed by atoms with Crippen molar-refractivity contribution in [2.75, 3.05) is 30.4 Å². The van der Waals surface area contributed by atoms with Gasteiger partial charge in [0.05, 0.1) is 5.92 Å². The van der Waals surface area contributed by atoms with Crippen LogP contribution >= 0.6 is 0 Å². The molecule has 86 valence electrons. The van der Waals surface area contributed by atoms with Crippen LogP contribution in [-0.4, -0.2) is 31.0 Å². The van der Waals surface area contributed by atoms with Crippen molar-refractivity contribution in [1.29, 1.82) is 0 Å². The Bertz CT molecular complexity index is 393. The number of pyridine rings is 1. The second-order valence-corrected chi connectivity index (χ2v) is 3.97. The van der Waals surface area contributed by atoms with E-state index in [1.807, 2.05) is 25.2 Å². The smallest absolute Gasteiger partial charge is 0.222 e. The van der Waals surface area contributed by atoms with Crippen LogP contribution in [-0.2, 0) is 4.79 Å². The quantitative estimate of drug-likeness (QED) is 0.775. The van der Waals surface area contributed by atoms with Gasteiger partial charge in [0.15, 0.2) is 0 Å². The van der Waals surface area contributed by atoms with Crippen LogP contribution in [0.3, 0.4) is 0 Å². The minimum absolute atomic E-state index is 0.0416. The number of aromatic nitrogens is 1. The third-order valence-corrected chi connectivity index (χ3v) is 2.91. The molecule has 1 atom stereocenters. The summed E-state index contributed by atoms with van der Waals surface area (Å²) in [4.78, 5) is 17.6. The molecule has 0 radical (unpaired) electrons. The van der Waals surface area contributed by atoms with Gasteiger partial charge in [-0.1, -0.05) is 6.07 Å². The predicted octanol–water partition coefficient (Wildman–Crippen LogP) is 0.435. The van der Waals surface area contributed by atoms with Crippen LogP contribution in [0.15, 0.2) is 18.2 Å². The molecular weight excluding hydrogens is 204 g/mol. The average molecular weight is 220 g/mol. The maximum Gasteiger partial charge on any atom is 0.222 e. The number of nitrogens with one attached hydrogen (secondary N) is 1. The van der Waals surface area contributed by atoms with Gasteiger partial charge in [-0.3, -0.25) is 4.79 Å². The minimum Gasteiger partial charge on any atom is -0.373 e. The summed E-state index contributed by atoms with van der Waals surface area (Å²) in [7, 11) is 1.84. The Morgan fingerprint density at radius 1 is 1.62 bits per heavy atom. The van der Waals surface area contributed by atoms with E-state index >= 15 is 0 Å². The number of hydrogen-bond donors (Lipinski definition) is 2. The largest absolute Gasteiger partial charge is 0.373 e. The summed E-state index contributed by atoms with van der Waals surface area (Å²) in [5, 5.41) is 3.00. The molecule has 0 aliphatic carbocycles. The fourth-order valence-electron chi connectivity index (χ4n) is 1.94. The molecule has 0 saturated carbocycles. The number of carbonyl (C=O) groups is 1. The minimum atomic E-state index is -0.215. The van der Waals surface area contributed by atoms with Gasteiger partial charge in [0.1, 0.15) is 11.6 Å². The summed E-state index contributed by atoms with van der Waals surface area (Å²) >= 11 is 0. The number of hydrogen-bond acceptors (Lipinski definition) is 4. The van der Waals surface area contributed by atoms with Gasteiger partial charge >= 0.3 is 0 Å². The van der Waals surface area contributed by atoms with Gasteiger partial charge in [-0.15, -0.1) is 0 Å². The number of nitrogens with two attached hydrogens (primary N) is 1. The normalized spacial score (nSPS) is 19.8. The second kappa shape index (κ2) is 4.38. The number of amides is 1. The molecule has 1 aromatic rings.